The van der Waals surface area contributed by atoms with E-state index >= 15 is 0 Å². The van der Waals surface area contributed by atoms with Crippen LogP contribution in [0.5, 0.6) is 5.75 Å². The number of aromatic hydroxyl groups is 1. The molecule has 7 nitrogen and oxygen atoms in total. The van der Waals surface area contributed by atoms with Gasteiger partial charge in [-0.3, -0.25) is 9.69 Å². The topological polar surface area (TPSA) is 82.4 Å². The number of carbonyl (C=O) groups excluding carboxylic acids is 1. The summed E-state index contributed by atoms with van der Waals surface area (Å²) in [6, 6.07) is 4.25. The predicted molar refractivity (Wildman–Crippen MR) is 98.8 cm³/mol. The summed E-state index contributed by atoms with van der Waals surface area (Å²) in [6.07, 6.45) is 1.35. The Labute approximate surface area is 157 Å². The molecule has 1 aliphatic heterocycles. The van der Waals surface area contributed by atoms with Gasteiger partial charge in [0.05, 0.1) is 11.9 Å². The zero-order chi connectivity index (χ0) is 17.8. The van der Waals surface area contributed by atoms with Crippen molar-refractivity contribution in [2.75, 3.05) is 39.3 Å². The molecule has 1 saturated heterocycles. The minimum Gasteiger partial charge on any atom is -0.504 e. The van der Waals surface area contributed by atoms with E-state index in [0.717, 1.165) is 32.7 Å². The van der Waals surface area contributed by atoms with Crippen LogP contribution in [0, 0.1) is 12.7 Å². The van der Waals surface area contributed by atoms with E-state index in [4.69, 9.17) is 0 Å². The monoisotopic (exact) mass is 383 g/mol. The lowest BCUT2D eigenvalue weighted by Gasteiger charge is -2.26. The van der Waals surface area contributed by atoms with Gasteiger partial charge in [0, 0.05) is 39.3 Å². The fraction of sp³-hybridized carbons (Fsp3) is 0.412. The second-order valence-electron chi connectivity index (χ2n) is 6.09. The van der Waals surface area contributed by atoms with Crippen LogP contribution in [0.1, 0.15) is 16.1 Å². The Morgan fingerprint density at radius 3 is 2.81 bits per heavy atom. The number of aryl methyl sites for hydroxylation is 1. The van der Waals surface area contributed by atoms with Crippen molar-refractivity contribution >= 4 is 18.3 Å². The highest BCUT2D eigenvalue weighted by Crippen LogP contribution is 2.20. The first-order valence-corrected chi connectivity index (χ1v) is 8.31. The Bertz CT molecular complexity index is 762. The maximum absolute atomic E-state index is 13.2. The Balaban J connectivity index is 0.00000243. The predicted octanol–water partition coefficient (Wildman–Crippen LogP) is 1.08. The smallest absolute Gasteiger partial charge is 0.275 e. The largest absolute Gasteiger partial charge is 0.504 e. The van der Waals surface area contributed by atoms with Crippen LogP contribution in [0.2, 0.25) is 0 Å². The normalized spacial score (nSPS) is 14.7. The van der Waals surface area contributed by atoms with Gasteiger partial charge in [-0.1, -0.05) is 0 Å². The highest BCUT2D eigenvalue weighted by molar-refractivity contribution is 5.94. The molecule has 1 aliphatic rings. The fourth-order valence-electron chi connectivity index (χ4n) is 2.87. The summed E-state index contributed by atoms with van der Waals surface area (Å²) in [5, 5.41) is 20.2. The number of nitrogens with zero attached hydrogens (tertiary/aromatic N) is 3. The van der Waals surface area contributed by atoms with Gasteiger partial charge in [0.1, 0.15) is 5.82 Å². The summed E-state index contributed by atoms with van der Waals surface area (Å²) in [5.74, 6) is -0.974. The molecule has 2 aromatic rings. The Morgan fingerprint density at radius 2 is 2.12 bits per heavy atom. The minimum absolute atomic E-state index is 0. The third-order valence-electron chi connectivity index (χ3n) is 4.24. The van der Waals surface area contributed by atoms with Crippen molar-refractivity contribution < 1.29 is 14.3 Å². The number of halogens is 2. The van der Waals surface area contributed by atoms with E-state index in [-0.39, 0.29) is 29.7 Å². The zero-order valence-electron chi connectivity index (χ0n) is 14.5. The number of amides is 1. The van der Waals surface area contributed by atoms with Crippen LogP contribution in [0.25, 0.3) is 5.69 Å². The average Bonchev–Trinajstić information content (AvgIpc) is 2.97. The van der Waals surface area contributed by atoms with E-state index in [9.17, 15) is 14.3 Å². The lowest BCUT2D eigenvalue weighted by Crippen LogP contribution is -2.46. The highest BCUT2D eigenvalue weighted by Gasteiger charge is 2.18. The number of nitrogens with one attached hydrogen (secondary N) is 2. The first kappa shape index (κ1) is 20.2. The van der Waals surface area contributed by atoms with Crippen molar-refractivity contribution in [1.29, 1.82) is 0 Å². The molecule has 1 aromatic carbocycles. The Kier molecular flexibility index (Phi) is 6.96. The van der Waals surface area contributed by atoms with Gasteiger partial charge in [-0.05, 0) is 30.7 Å². The van der Waals surface area contributed by atoms with Gasteiger partial charge in [0.2, 0.25) is 0 Å². The van der Waals surface area contributed by atoms with Gasteiger partial charge in [-0.2, -0.15) is 5.10 Å². The average molecular weight is 384 g/mol. The maximum Gasteiger partial charge on any atom is 0.275 e. The molecule has 0 atom stereocenters. The van der Waals surface area contributed by atoms with Crippen LogP contribution in [-0.2, 0) is 0 Å². The van der Waals surface area contributed by atoms with Crippen molar-refractivity contribution in [3.63, 3.8) is 0 Å². The first-order valence-electron chi connectivity index (χ1n) is 8.31. The van der Waals surface area contributed by atoms with E-state index in [0.29, 0.717) is 17.8 Å². The number of piperazine rings is 1. The molecule has 0 radical (unpaired) electrons. The molecule has 0 saturated carbocycles. The highest BCUT2D eigenvalue weighted by atomic mass is 35.5. The summed E-state index contributed by atoms with van der Waals surface area (Å²) < 4.78 is 14.6. The van der Waals surface area contributed by atoms with Gasteiger partial charge < -0.3 is 15.7 Å². The summed E-state index contributed by atoms with van der Waals surface area (Å²) >= 11 is 0. The third kappa shape index (κ3) is 4.72. The van der Waals surface area contributed by atoms with Crippen molar-refractivity contribution in [3.8, 4) is 11.4 Å². The van der Waals surface area contributed by atoms with E-state index in [2.05, 4.69) is 20.6 Å². The number of aromatic nitrogens is 2. The molecule has 1 amide bonds. The fourth-order valence-corrected chi connectivity index (χ4v) is 2.87. The lowest BCUT2D eigenvalue weighted by atomic mass is 10.2. The molecule has 142 valence electrons. The van der Waals surface area contributed by atoms with Crippen molar-refractivity contribution in [2.24, 2.45) is 0 Å². The molecular weight excluding hydrogens is 361 g/mol. The molecule has 2 heterocycles. The SMILES string of the molecule is Cc1cc(F)ccc1-n1cc(O)c(C(=O)NCCN2CCNCC2)n1.Cl. The molecule has 0 aliphatic carbocycles. The second kappa shape index (κ2) is 8.98. The summed E-state index contributed by atoms with van der Waals surface area (Å²) in [6.45, 7) is 6.81. The van der Waals surface area contributed by atoms with Gasteiger partial charge in [0.25, 0.3) is 5.91 Å². The van der Waals surface area contributed by atoms with Crippen molar-refractivity contribution in [2.45, 2.75) is 6.92 Å². The molecule has 26 heavy (non-hydrogen) atoms. The molecule has 0 unspecified atom stereocenters. The van der Waals surface area contributed by atoms with Crippen LogP contribution in [0.3, 0.4) is 0 Å². The first-order chi connectivity index (χ1) is 12.0. The number of hydrogen-bond acceptors (Lipinski definition) is 5. The maximum atomic E-state index is 13.2. The van der Waals surface area contributed by atoms with E-state index in [1.54, 1.807) is 13.0 Å². The van der Waals surface area contributed by atoms with Crippen LogP contribution in [0.15, 0.2) is 24.4 Å². The van der Waals surface area contributed by atoms with E-state index in [1.165, 1.54) is 23.0 Å². The Hall–Kier alpha value is -2.16. The standard InChI is InChI=1S/C17H22FN5O2.ClH/c1-12-10-13(18)2-3-14(12)23-11-15(24)16(21-23)17(25)20-6-9-22-7-4-19-5-8-22;/h2-3,10-11,19,24H,4-9H2,1H3,(H,20,25);1H. The molecule has 0 spiro atoms. The molecule has 3 N–H and O–H groups in total. The lowest BCUT2D eigenvalue weighted by molar-refractivity contribution is 0.0939. The van der Waals surface area contributed by atoms with Crippen LogP contribution in [-0.4, -0.2) is 65.0 Å². The van der Waals surface area contributed by atoms with Gasteiger partial charge in [-0.25, -0.2) is 9.07 Å². The quantitative estimate of drug-likeness (QED) is 0.719. The number of hydrogen-bond donors (Lipinski definition) is 3. The number of benzene rings is 1. The minimum atomic E-state index is -0.425. The third-order valence-corrected chi connectivity index (χ3v) is 4.24. The summed E-state index contributed by atoms with van der Waals surface area (Å²) in [7, 11) is 0. The molecule has 1 aromatic heterocycles. The van der Waals surface area contributed by atoms with E-state index < -0.39 is 5.91 Å². The molecular formula is C17H23ClFN5O2. The second-order valence-corrected chi connectivity index (χ2v) is 6.09. The summed E-state index contributed by atoms with van der Waals surface area (Å²) in [5.41, 5.74) is 1.23. The summed E-state index contributed by atoms with van der Waals surface area (Å²) in [4.78, 5) is 14.5. The van der Waals surface area contributed by atoms with Crippen LogP contribution < -0.4 is 10.6 Å². The van der Waals surface area contributed by atoms with Crippen LogP contribution in [0.4, 0.5) is 4.39 Å². The van der Waals surface area contributed by atoms with E-state index in [1.807, 2.05) is 0 Å². The number of carbonyl (C=O) groups is 1. The zero-order valence-corrected chi connectivity index (χ0v) is 15.4. The van der Waals surface area contributed by atoms with Gasteiger partial charge in [-0.15, -0.1) is 12.4 Å². The van der Waals surface area contributed by atoms with Crippen LogP contribution >= 0.6 is 12.4 Å². The molecule has 0 bridgehead atoms. The van der Waals surface area contributed by atoms with Gasteiger partial charge >= 0.3 is 0 Å². The Morgan fingerprint density at radius 1 is 1.38 bits per heavy atom. The van der Waals surface area contributed by atoms with Gasteiger partial charge in [0.15, 0.2) is 11.4 Å². The molecule has 3 rings (SSSR count). The number of rotatable bonds is 5. The molecule has 9 heteroatoms. The van der Waals surface area contributed by atoms with Crippen molar-refractivity contribution in [3.05, 3.63) is 41.5 Å². The molecule has 1 fully saturated rings. The van der Waals surface area contributed by atoms with Crippen molar-refractivity contribution in [1.82, 2.24) is 25.3 Å².